The number of hydrogen-bond donors (Lipinski definition) is 0. The molecule has 0 N–H and O–H groups in total. The molecule has 0 aliphatic carbocycles. The van der Waals surface area contributed by atoms with Gasteiger partial charge in [0.15, 0.2) is 9.84 Å². The van der Waals surface area contributed by atoms with E-state index < -0.39 is 9.84 Å². The van der Waals surface area contributed by atoms with Crippen LogP contribution in [-0.2, 0) is 29.3 Å². The molecule has 0 amide bonds. The van der Waals surface area contributed by atoms with Crippen LogP contribution in [0.2, 0.25) is 0 Å². The van der Waals surface area contributed by atoms with Crippen LogP contribution in [0.1, 0.15) is 39.8 Å². The molecule has 6 nitrogen and oxygen atoms in total. The van der Waals surface area contributed by atoms with Crippen molar-refractivity contribution in [3.63, 3.8) is 0 Å². The summed E-state index contributed by atoms with van der Waals surface area (Å²) >= 11 is 0. The summed E-state index contributed by atoms with van der Waals surface area (Å²) in [5.74, 6) is 0.691. The fourth-order valence-corrected chi connectivity index (χ4v) is 5.61. The molecule has 0 saturated heterocycles. The van der Waals surface area contributed by atoms with Gasteiger partial charge in [-0.25, -0.2) is 13.4 Å². The van der Waals surface area contributed by atoms with E-state index in [1.165, 1.54) is 6.26 Å². The standard InChI is InChI=1S/C29H29N3O3S/c1-21-30-27-20-31(19-22-13-15-25(16-14-22)36(2,34)35)18-17-26(27)29(33)32(21)28(23-9-5-3-6-10-23)24-11-7-4-8-12-24/h3-16,28H,17-20H2,1-2H3. The van der Waals surface area contributed by atoms with Crippen LogP contribution in [0.15, 0.2) is 94.6 Å². The van der Waals surface area contributed by atoms with Crippen molar-refractivity contribution >= 4 is 9.84 Å². The first kappa shape index (κ1) is 24.2. The van der Waals surface area contributed by atoms with Crippen molar-refractivity contribution in [2.75, 3.05) is 12.8 Å². The van der Waals surface area contributed by atoms with Gasteiger partial charge >= 0.3 is 0 Å². The second kappa shape index (κ2) is 9.84. The van der Waals surface area contributed by atoms with Crippen LogP contribution >= 0.6 is 0 Å². The van der Waals surface area contributed by atoms with Crippen molar-refractivity contribution in [3.8, 4) is 0 Å². The minimum absolute atomic E-state index is 0.0207. The Morgan fingerprint density at radius 1 is 0.889 bits per heavy atom. The summed E-state index contributed by atoms with van der Waals surface area (Å²) in [6.07, 6.45) is 1.84. The highest BCUT2D eigenvalue weighted by atomic mass is 32.2. The lowest BCUT2D eigenvalue weighted by molar-refractivity contribution is 0.239. The lowest BCUT2D eigenvalue weighted by Crippen LogP contribution is -2.39. The number of sulfone groups is 1. The smallest absolute Gasteiger partial charge is 0.257 e. The van der Waals surface area contributed by atoms with E-state index in [-0.39, 0.29) is 11.6 Å². The lowest BCUT2D eigenvalue weighted by Gasteiger charge is -2.30. The van der Waals surface area contributed by atoms with Crippen LogP contribution in [-0.4, -0.2) is 35.7 Å². The molecule has 0 bridgehead atoms. The monoisotopic (exact) mass is 499 g/mol. The quantitative estimate of drug-likeness (QED) is 0.399. The second-order valence-corrected chi connectivity index (χ2v) is 11.4. The number of fused-ring (bicyclic) bond motifs is 1. The molecule has 36 heavy (non-hydrogen) atoms. The van der Waals surface area contributed by atoms with Crippen molar-refractivity contribution in [1.82, 2.24) is 14.5 Å². The summed E-state index contributed by atoms with van der Waals surface area (Å²) in [5, 5.41) is 0. The van der Waals surface area contributed by atoms with E-state index in [1.807, 2.05) is 60.0 Å². The number of aryl methyl sites for hydroxylation is 1. The molecule has 1 aliphatic rings. The van der Waals surface area contributed by atoms with Gasteiger partial charge in [-0.2, -0.15) is 0 Å². The molecule has 7 heteroatoms. The highest BCUT2D eigenvalue weighted by Gasteiger charge is 2.26. The molecule has 1 aromatic heterocycles. The normalized spacial score (nSPS) is 14.1. The molecular weight excluding hydrogens is 470 g/mol. The van der Waals surface area contributed by atoms with Crippen LogP contribution < -0.4 is 5.56 Å². The van der Waals surface area contributed by atoms with E-state index in [9.17, 15) is 13.2 Å². The third-order valence-electron chi connectivity index (χ3n) is 6.77. The zero-order chi connectivity index (χ0) is 25.3. The first-order valence-corrected chi connectivity index (χ1v) is 13.9. The average molecular weight is 500 g/mol. The van der Waals surface area contributed by atoms with Crippen LogP contribution in [0.25, 0.3) is 0 Å². The van der Waals surface area contributed by atoms with Gasteiger partial charge in [-0.15, -0.1) is 0 Å². The van der Waals surface area contributed by atoms with E-state index in [4.69, 9.17) is 4.98 Å². The summed E-state index contributed by atoms with van der Waals surface area (Å²) in [7, 11) is -3.21. The highest BCUT2D eigenvalue weighted by molar-refractivity contribution is 7.90. The largest absolute Gasteiger partial charge is 0.293 e. The Labute approximate surface area is 211 Å². The third kappa shape index (κ3) is 4.90. The van der Waals surface area contributed by atoms with Crippen LogP contribution in [0, 0.1) is 6.92 Å². The van der Waals surface area contributed by atoms with Crippen molar-refractivity contribution < 1.29 is 8.42 Å². The molecule has 0 saturated carbocycles. The highest BCUT2D eigenvalue weighted by Crippen LogP contribution is 2.27. The predicted molar refractivity (Wildman–Crippen MR) is 141 cm³/mol. The van der Waals surface area contributed by atoms with Crippen molar-refractivity contribution in [1.29, 1.82) is 0 Å². The maximum Gasteiger partial charge on any atom is 0.257 e. The number of benzene rings is 3. The van der Waals surface area contributed by atoms with Gasteiger partial charge in [-0.1, -0.05) is 72.8 Å². The molecule has 3 aromatic carbocycles. The van der Waals surface area contributed by atoms with Gasteiger partial charge < -0.3 is 0 Å². The molecule has 0 atom stereocenters. The molecule has 0 unspecified atom stereocenters. The minimum Gasteiger partial charge on any atom is -0.293 e. The minimum atomic E-state index is -3.21. The molecule has 0 radical (unpaired) electrons. The number of nitrogens with zero attached hydrogens (tertiary/aromatic N) is 3. The van der Waals surface area contributed by atoms with E-state index in [1.54, 1.807) is 12.1 Å². The molecule has 1 aliphatic heterocycles. The molecular formula is C29H29N3O3S. The van der Waals surface area contributed by atoms with Crippen molar-refractivity contribution in [3.05, 3.63) is 129 Å². The van der Waals surface area contributed by atoms with E-state index in [2.05, 4.69) is 29.2 Å². The van der Waals surface area contributed by atoms with Crippen molar-refractivity contribution in [2.24, 2.45) is 0 Å². The van der Waals surface area contributed by atoms with Gasteiger partial charge in [-0.3, -0.25) is 14.3 Å². The summed E-state index contributed by atoms with van der Waals surface area (Å²) < 4.78 is 25.3. The van der Waals surface area contributed by atoms with E-state index >= 15 is 0 Å². The maximum absolute atomic E-state index is 13.9. The summed E-state index contributed by atoms with van der Waals surface area (Å²) in [6, 6.07) is 26.9. The maximum atomic E-state index is 13.9. The fourth-order valence-electron chi connectivity index (χ4n) is 4.98. The molecule has 184 valence electrons. The second-order valence-electron chi connectivity index (χ2n) is 9.36. The Kier molecular flexibility index (Phi) is 6.60. The van der Waals surface area contributed by atoms with Gasteiger partial charge in [0.25, 0.3) is 5.56 Å². The lowest BCUT2D eigenvalue weighted by atomic mass is 9.97. The first-order chi connectivity index (χ1) is 17.3. The summed E-state index contributed by atoms with van der Waals surface area (Å²) in [5.41, 5.74) is 4.75. The SMILES string of the molecule is Cc1nc2c(c(=O)n1C(c1ccccc1)c1ccccc1)CCN(Cc1ccc(S(C)(=O)=O)cc1)C2. The van der Waals surface area contributed by atoms with Gasteiger partial charge in [0.1, 0.15) is 5.82 Å². The van der Waals surface area contributed by atoms with Crippen LogP contribution in [0.3, 0.4) is 0 Å². The van der Waals surface area contributed by atoms with E-state index in [0.29, 0.717) is 30.2 Å². The number of hydrogen-bond acceptors (Lipinski definition) is 5. The summed E-state index contributed by atoms with van der Waals surface area (Å²) in [6.45, 7) is 3.90. The summed E-state index contributed by atoms with van der Waals surface area (Å²) in [4.78, 5) is 21.4. The Bertz CT molecular complexity index is 1490. The zero-order valence-electron chi connectivity index (χ0n) is 20.5. The number of rotatable bonds is 6. The molecule has 0 spiro atoms. The fraction of sp³-hybridized carbons (Fsp3) is 0.241. The Morgan fingerprint density at radius 2 is 1.47 bits per heavy atom. The van der Waals surface area contributed by atoms with Crippen molar-refractivity contribution in [2.45, 2.75) is 37.4 Å². The molecule has 4 aromatic rings. The van der Waals surface area contributed by atoms with Gasteiger partial charge in [0.05, 0.1) is 16.6 Å². The van der Waals surface area contributed by atoms with Gasteiger partial charge in [0, 0.05) is 31.5 Å². The third-order valence-corrected chi connectivity index (χ3v) is 7.90. The first-order valence-electron chi connectivity index (χ1n) is 12.0. The topological polar surface area (TPSA) is 72.3 Å². The molecule has 2 heterocycles. The van der Waals surface area contributed by atoms with Gasteiger partial charge in [0.2, 0.25) is 0 Å². The predicted octanol–water partition coefficient (Wildman–Crippen LogP) is 4.15. The Hall–Kier alpha value is -3.55. The van der Waals surface area contributed by atoms with E-state index in [0.717, 1.165) is 34.5 Å². The van der Waals surface area contributed by atoms with Gasteiger partial charge in [-0.05, 0) is 42.2 Å². The molecule has 5 rings (SSSR count). The Morgan fingerprint density at radius 3 is 2.03 bits per heavy atom. The van der Waals surface area contributed by atoms with Crippen LogP contribution in [0.5, 0.6) is 0 Å². The molecule has 0 fully saturated rings. The average Bonchev–Trinajstić information content (AvgIpc) is 2.87. The van der Waals surface area contributed by atoms with Crippen LogP contribution in [0.4, 0.5) is 0 Å². The zero-order valence-corrected chi connectivity index (χ0v) is 21.3. The number of aromatic nitrogens is 2. The Balaban J connectivity index is 1.46.